The molecule has 0 bridgehead atoms. The van der Waals surface area contributed by atoms with E-state index in [0.29, 0.717) is 0 Å². The fourth-order valence-corrected chi connectivity index (χ4v) is 1.62. The van der Waals surface area contributed by atoms with Gasteiger partial charge < -0.3 is 9.41 Å². The van der Waals surface area contributed by atoms with Crippen LogP contribution in [0.2, 0.25) is 0 Å². The second kappa shape index (κ2) is 10.3. The van der Waals surface area contributed by atoms with Crippen molar-refractivity contribution < 1.29 is 35.6 Å². The minimum absolute atomic E-state index is 0. The van der Waals surface area contributed by atoms with Crippen LogP contribution in [0, 0.1) is 41.5 Å². The summed E-state index contributed by atoms with van der Waals surface area (Å²) in [4.78, 5) is 0. The van der Waals surface area contributed by atoms with E-state index in [-0.39, 0.29) is 35.6 Å². The molecule has 0 heterocycles. The predicted molar refractivity (Wildman–Crippen MR) is 72.5 cm³/mol. The van der Waals surface area contributed by atoms with Crippen LogP contribution in [0.4, 0.5) is 0 Å². The maximum absolute atomic E-state index is 2.16. The molecule has 0 aliphatic carbocycles. The molecule has 0 saturated heterocycles. The first kappa shape index (κ1) is 23.5. The number of hydrogen-bond acceptors (Lipinski definition) is 0. The van der Waals surface area contributed by atoms with Crippen molar-refractivity contribution in [1.82, 2.24) is 0 Å². The Morgan fingerprint density at radius 1 is 0.684 bits per heavy atom. The summed E-state index contributed by atoms with van der Waals surface area (Å²) in [7, 11) is 0. The summed E-state index contributed by atoms with van der Waals surface area (Å²) in [6.45, 7) is 12.9. The molecule has 2 aromatic carbocycles. The molecular weight excluding hydrogens is 321 g/mol. The second-order valence-electron chi connectivity index (χ2n) is 4.65. The summed E-state index contributed by atoms with van der Waals surface area (Å²) in [6.07, 6.45) is 0. The standard InChI is InChI=1S/2C8H11.2FH.Zr/c2*1-6-4-5-7(2)8(6)3;;;/h2*4-5H,1-3H3;2*1H;/q2*-1;;;+4/p-2. The van der Waals surface area contributed by atoms with Gasteiger partial charge in [-0.15, -0.1) is 0 Å². The molecule has 0 saturated carbocycles. The zero-order chi connectivity index (χ0) is 12.3. The van der Waals surface area contributed by atoms with Gasteiger partial charge in [0.25, 0.3) is 0 Å². The molecule has 0 spiro atoms. The van der Waals surface area contributed by atoms with E-state index in [4.69, 9.17) is 0 Å². The van der Waals surface area contributed by atoms with Gasteiger partial charge in [0.2, 0.25) is 0 Å². The number of halogens is 2. The van der Waals surface area contributed by atoms with E-state index in [9.17, 15) is 0 Å². The van der Waals surface area contributed by atoms with Crippen LogP contribution in [-0.4, -0.2) is 0 Å². The Kier molecular flexibility index (Phi) is 12.7. The van der Waals surface area contributed by atoms with Crippen LogP contribution in [0.15, 0.2) is 24.3 Å². The molecule has 3 heteroatoms. The molecular formula is C16H22F2Zr. The van der Waals surface area contributed by atoms with Gasteiger partial charge in [-0.05, 0) is 0 Å². The molecule has 2 aromatic rings. The predicted octanol–water partition coefficient (Wildman–Crippen LogP) is -1.33. The van der Waals surface area contributed by atoms with E-state index in [1.165, 1.54) is 33.4 Å². The minimum Gasteiger partial charge on any atom is -1.00 e. The topological polar surface area (TPSA) is 0 Å². The minimum atomic E-state index is 0. The number of hydrogen-bond donors (Lipinski definition) is 0. The van der Waals surface area contributed by atoms with Crippen LogP contribution in [0.3, 0.4) is 0 Å². The van der Waals surface area contributed by atoms with E-state index in [0.717, 1.165) is 0 Å². The monoisotopic (exact) mass is 342 g/mol. The van der Waals surface area contributed by atoms with E-state index < -0.39 is 0 Å². The third kappa shape index (κ3) is 6.43. The van der Waals surface area contributed by atoms with E-state index in [1.54, 1.807) is 0 Å². The Morgan fingerprint density at radius 2 is 0.947 bits per heavy atom. The Hall–Kier alpha value is -0.557. The summed E-state index contributed by atoms with van der Waals surface area (Å²) in [5.41, 5.74) is 8.49. The molecule has 2 rings (SSSR count). The van der Waals surface area contributed by atoms with E-state index in [2.05, 4.69) is 65.8 Å². The van der Waals surface area contributed by atoms with Crippen molar-refractivity contribution in [3.63, 3.8) is 0 Å². The molecule has 0 amide bonds. The molecule has 0 aromatic heterocycles. The molecule has 0 nitrogen and oxygen atoms in total. The van der Waals surface area contributed by atoms with Crippen molar-refractivity contribution in [2.45, 2.75) is 41.5 Å². The van der Waals surface area contributed by atoms with Gasteiger partial charge in [-0.2, -0.15) is 45.5 Å². The normalized spacial score (nSPS) is 8.32. The third-order valence-electron chi connectivity index (χ3n) is 3.53. The van der Waals surface area contributed by atoms with Gasteiger partial charge in [-0.25, -0.2) is 12.1 Å². The van der Waals surface area contributed by atoms with E-state index in [1.807, 2.05) is 0 Å². The van der Waals surface area contributed by atoms with Gasteiger partial charge in [-0.1, -0.05) is 41.5 Å². The SMILES string of the molecule is Cc1cc[c-](C)c1C.Cc1cc[c-](C)c1C.[F-].[F-].[Zr+4]. The smallest absolute Gasteiger partial charge is 1.00 e. The molecule has 0 unspecified atom stereocenters. The molecule has 104 valence electrons. The first-order chi connectivity index (χ1) is 7.43. The van der Waals surface area contributed by atoms with Gasteiger partial charge in [0.15, 0.2) is 0 Å². The first-order valence-electron chi connectivity index (χ1n) is 5.82. The van der Waals surface area contributed by atoms with Gasteiger partial charge in [0.1, 0.15) is 0 Å². The molecule has 0 aliphatic heterocycles. The molecule has 0 aliphatic rings. The molecule has 19 heavy (non-hydrogen) atoms. The zero-order valence-corrected chi connectivity index (χ0v) is 15.0. The molecule has 0 N–H and O–H groups in total. The van der Waals surface area contributed by atoms with Crippen LogP contribution >= 0.6 is 0 Å². The average Bonchev–Trinajstić information content (AvgIpc) is 2.70. The maximum atomic E-state index is 2.16. The van der Waals surface area contributed by atoms with Crippen LogP contribution in [0.1, 0.15) is 33.4 Å². The van der Waals surface area contributed by atoms with Crippen LogP contribution in [-0.2, 0) is 26.2 Å². The third-order valence-corrected chi connectivity index (χ3v) is 3.53. The zero-order valence-electron chi connectivity index (χ0n) is 12.6. The van der Waals surface area contributed by atoms with Crippen molar-refractivity contribution in [3.05, 3.63) is 57.6 Å². The van der Waals surface area contributed by atoms with Gasteiger partial charge >= 0.3 is 26.2 Å². The number of aryl methyl sites for hydroxylation is 4. The molecule has 0 atom stereocenters. The van der Waals surface area contributed by atoms with Crippen molar-refractivity contribution in [1.29, 1.82) is 0 Å². The Morgan fingerprint density at radius 3 is 1.00 bits per heavy atom. The largest absolute Gasteiger partial charge is 4.00 e. The van der Waals surface area contributed by atoms with Crippen molar-refractivity contribution in [2.24, 2.45) is 0 Å². The van der Waals surface area contributed by atoms with Gasteiger partial charge in [0.05, 0.1) is 0 Å². The summed E-state index contributed by atoms with van der Waals surface area (Å²) in [5.74, 6) is 0. The van der Waals surface area contributed by atoms with Crippen LogP contribution in [0.5, 0.6) is 0 Å². The van der Waals surface area contributed by atoms with Crippen molar-refractivity contribution in [3.8, 4) is 0 Å². The van der Waals surface area contributed by atoms with E-state index >= 15 is 0 Å². The fraction of sp³-hybridized carbons (Fsp3) is 0.375. The number of rotatable bonds is 0. The fourth-order valence-electron chi connectivity index (χ4n) is 1.62. The quantitative estimate of drug-likeness (QED) is 0.520. The second-order valence-corrected chi connectivity index (χ2v) is 4.65. The van der Waals surface area contributed by atoms with Crippen molar-refractivity contribution in [2.75, 3.05) is 0 Å². The van der Waals surface area contributed by atoms with Gasteiger partial charge in [0, 0.05) is 0 Å². The van der Waals surface area contributed by atoms with Crippen molar-refractivity contribution >= 4 is 0 Å². The van der Waals surface area contributed by atoms with Crippen LogP contribution < -0.4 is 9.41 Å². The maximum Gasteiger partial charge on any atom is 4.00 e. The van der Waals surface area contributed by atoms with Crippen LogP contribution in [0.25, 0.3) is 0 Å². The Labute approximate surface area is 134 Å². The summed E-state index contributed by atoms with van der Waals surface area (Å²) in [5, 5.41) is 0. The summed E-state index contributed by atoms with van der Waals surface area (Å²) < 4.78 is 0. The van der Waals surface area contributed by atoms with Gasteiger partial charge in [-0.3, -0.25) is 0 Å². The molecule has 0 fully saturated rings. The Bertz CT molecular complexity index is 384. The first-order valence-corrected chi connectivity index (χ1v) is 5.82. The average molecular weight is 344 g/mol. The summed E-state index contributed by atoms with van der Waals surface area (Å²) >= 11 is 0. The molecule has 0 radical (unpaired) electrons. The summed E-state index contributed by atoms with van der Waals surface area (Å²) in [6, 6.07) is 8.63. The Balaban J connectivity index is -0.000000233.